The molecule has 1 atom stereocenters. The summed E-state index contributed by atoms with van der Waals surface area (Å²) in [5.74, 6) is -0.416. The van der Waals surface area contributed by atoms with E-state index in [2.05, 4.69) is 0 Å². The predicted molar refractivity (Wildman–Crippen MR) is 74.7 cm³/mol. The van der Waals surface area contributed by atoms with Gasteiger partial charge in [0.2, 0.25) is 10.0 Å². The van der Waals surface area contributed by atoms with Gasteiger partial charge in [0.05, 0.1) is 11.0 Å². The molecule has 1 aromatic rings. The summed E-state index contributed by atoms with van der Waals surface area (Å²) in [7, 11) is -2.08. The number of benzene rings is 1. The molecule has 0 N–H and O–H groups in total. The van der Waals surface area contributed by atoms with Gasteiger partial charge in [0.25, 0.3) is 0 Å². The Bertz CT molecular complexity index is 571. The molecule has 0 saturated carbocycles. The van der Waals surface area contributed by atoms with Crippen LogP contribution in [0.15, 0.2) is 17.0 Å². The zero-order valence-corrected chi connectivity index (χ0v) is 12.8. The lowest BCUT2D eigenvalue weighted by molar-refractivity contribution is 0.0978. The minimum absolute atomic E-state index is 0.0455. The van der Waals surface area contributed by atoms with Gasteiger partial charge in [-0.25, -0.2) is 12.8 Å². The maximum absolute atomic E-state index is 13.3. The molecule has 4 nitrogen and oxygen atoms in total. The van der Waals surface area contributed by atoms with Crippen LogP contribution < -0.4 is 0 Å². The molecule has 0 aliphatic carbocycles. The number of likely N-dealkylation sites (N-methyl/N-ethyl adjacent to an activating group) is 1. The van der Waals surface area contributed by atoms with Crippen LogP contribution in [0.5, 0.6) is 0 Å². The Labute approximate surface area is 119 Å². The van der Waals surface area contributed by atoms with E-state index in [-0.39, 0.29) is 11.0 Å². The molecular weight excluding hydrogens is 281 g/mol. The van der Waals surface area contributed by atoms with Crippen molar-refractivity contribution in [3.8, 4) is 0 Å². The lowest BCUT2D eigenvalue weighted by Gasteiger charge is -2.22. The van der Waals surface area contributed by atoms with E-state index in [1.165, 1.54) is 16.4 Å². The highest BCUT2D eigenvalue weighted by Gasteiger charge is 2.28. The van der Waals surface area contributed by atoms with Crippen molar-refractivity contribution in [3.63, 3.8) is 0 Å². The Morgan fingerprint density at radius 3 is 2.45 bits per heavy atom. The smallest absolute Gasteiger partial charge is 0.243 e. The number of hydrogen-bond donors (Lipinski definition) is 0. The van der Waals surface area contributed by atoms with Gasteiger partial charge in [0.1, 0.15) is 5.82 Å². The van der Waals surface area contributed by atoms with Crippen molar-refractivity contribution in [2.75, 3.05) is 20.2 Å². The monoisotopic (exact) mass is 301 g/mol. The first-order valence-corrected chi connectivity index (χ1v) is 8.11. The maximum Gasteiger partial charge on any atom is 0.243 e. The van der Waals surface area contributed by atoms with E-state index in [1.807, 2.05) is 0 Å². The minimum atomic E-state index is -3.62. The zero-order chi connectivity index (χ0) is 14.9. The summed E-state index contributed by atoms with van der Waals surface area (Å²) in [6.07, 6.45) is 1.80. The summed E-state index contributed by atoms with van der Waals surface area (Å²) in [5.41, 5.74) is 0.864. The lowest BCUT2D eigenvalue weighted by atomic mass is 10.1. The second-order valence-electron chi connectivity index (χ2n) is 5.29. The molecule has 1 saturated heterocycles. The first kappa shape index (κ1) is 15.4. The Kier molecular flexibility index (Phi) is 4.46. The van der Waals surface area contributed by atoms with Crippen LogP contribution in [0, 0.1) is 19.7 Å². The van der Waals surface area contributed by atoms with E-state index in [4.69, 9.17) is 4.74 Å². The summed E-state index contributed by atoms with van der Waals surface area (Å²) >= 11 is 0. The van der Waals surface area contributed by atoms with E-state index in [0.717, 1.165) is 12.8 Å². The van der Waals surface area contributed by atoms with Crippen LogP contribution in [0.2, 0.25) is 0 Å². The molecule has 112 valence electrons. The standard InChI is InChI=1S/C14H20FNO3S/c1-10-7-12(15)8-11(2)14(10)20(17,18)16(3)9-13-5-4-6-19-13/h7-8,13H,4-6,9H2,1-3H3. The summed E-state index contributed by atoms with van der Waals surface area (Å²) in [5, 5.41) is 0. The van der Waals surface area contributed by atoms with Crippen molar-refractivity contribution in [2.24, 2.45) is 0 Å². The first-order valence-electron chi connectivity index (χ1n) is 6.67. The Hall–Kier alpha value is -0.980. The molecule has 1 heterocycles. The third kappa shape index (κ3) is 3.02. The number of nitrogens with zero attached hydrogens (tertiary/aromatic N) is 1. The van der Waals surface area contributed by atoms with Crippen LogP contribution >= 0.6 is 0 Å². The molecule has 2 rings (SSSR count). The van der Waals surface area contributed by atoms with Gasteiger partial charge in [0, 0.05) is 20.2 Å². The van der Waals surface area contributed by atoms with Crippen molar-refractivity contribution < 1.29 is 17.5 Å². The largest absolute Gasteiger partial charge is 0.377 e. The van der Waals surface area contributed by atoms with E-state index < -0.39 is 15.8 Å². The van der Waals surface area contributed by atoms with E-state index in [1.54, 1.807) is 20.9 Å². The summed E-state index contributed by atoms with van der Waals surface area (Å²) in [6, 6.07) is 2.50. The number of aryl methyl sites for hydroxylation is 2. The molecule has 0 spiro atoms. The normalized spacial score (nSPS) is 19.8. The van der Waals surface area contributed by atoms with Gasteiger partial charge >= 0.3 is 0 Å². The fraction of sp³-hybridized carbons (Fsp3) is 0.571. The molecule has 0 radical (unpaired) electrons. The highest BCUT2D eigenvalue weighted by molar-refractivity contribution is 7.89. The maximum atomic E-state index is 13.3. The van der Waals surface area contributed by atoms with E-state index in [0.29, 0.717) is 24.3 Å². The molecule has 1 aliphatic heterocycles. The highest BCUT2D eigenvalue weighted by Crippen LogP contribution is 2.25. The third-order valence-corrected chi connectivity index (χ3v) is 5.71. The van der Waals surface area contributed by atoms with Gasteiger partial charge in [-0.1, -0.05) is 0 Å². The summed E-state index contributed by atoms with van der Waals surface area (Å²) in [4.78, 5) is 0.194. The van der Waals surface area contributed by atoms with Gasteiger partial charge < -0.3 is 4.74 Å². The molecule has 20 heavy (non-hydrogen) atoms. The quantitative estimate of drug-likeness (QED) is 0.857. The Balaban J connectivity index is 2.29. The second kappa shape index (κ2) is 5.79. The van der Waals surface area contributed by atoms with Gasteiger partial charge in [-0.05, 0) is 49.9 Å². The van der Waals surface area contributed by atoms with Crippen LogP contribution in [-0.4, -0.2) is 39.0 Å². The second-order valence-corrected chi connectivity index (χ2v) is 7.27. The number of sulfonamides is 1. The average molecular weight is 301 g/mol. The van der Waals surface area contributed by atoms with E-state index >= 15 is 0 Å². The van der Waals surface area contributed by atoms with Gasteiger partial charge in [-0.2, -0.15) is 4.31 Å². The molecule has 0 bridgehead atoms. The number of hydrogen-bond acceptors (Lipinski definition) is 3. The fourth-order valence-electron chi connectivity index (χ4n) is 2.63. The molecule has 1 unspecified atom stereocenters. The minimum Gasteiger partial charge on any atom is -0.377 e. The van der Waals surface area contributed by atoms with Crippen LogP contribution in [0.3, 0.4) is 0 Å². The first-order chi connectivity index (χ1) is 9.32. The predicted octanol–water partition coefficient (Wildman–Crippen LogP) is 2.24. The summed E-state index contributed by atoms with van der Waals surface area (Å²) in [6.45, 7) is 4.25. The number of halogens is 1. The topological polar surface area (TPSA) is 46.6 Å². The van der Waals surface area contributed by atoms with Gasteiger partial charge in [0.15, 0.2) is 0 Å². The van der Waals surface area contributed by atoms with Crippen molar-refractivity contribution in [2.45, 2.75) is 37.7 Å². The summed E-state index contributed by atoms with van der Waals surface area (Å²) < 4.78 is 45.3. The van der Waals surface area contributed by atoms with Crippen LogP contribution in [0.25, 0.3) is 0 Å². The van der Waals surface area contributed by atoms with Crippen LogP contribution in [-0.2, 0) is 14.8 Å². The van der Waals surface area contributed by atoms with Crippen molar-refractivity contribution in [1.82, 2.24) is 4.31 Å². The molecule has 1 fully saturated rings. The molecule has 1 aromatic carbocycles. The number of rotatable bonds is 4. The fourth-order valence-corrected chi connectivity index (χ4v) is 4.24. The van der Waals surface area contributed by atoms with Crippen LogP contribution in [0.1, 0.15) is 24.0 Å². The molecule has 0 amide bonds. The Morgan fingerprint density at radius 2 is 1.95 bits per heavy atom. The highest BCUT2D eigenvalue weighted by atomic mass is 32.2. The average Bonchev–Trinajstić information content (AvgIpc) is 2.79. The van der Waals surface area contributed by atoms with Crippen LogP contribution in [0.4, 0.5) is 4.39 Å². The number of ether oxygens (including phenoxy) is 1. The molecular formula is C14H20FNO3S. The van der Waals surface area contributed by atoms with Crippen molar-refractivity contribution in [1.29, 1.82) is 0 Å². The zero-order valence-electron chi connectivity index (χ0n) is 12.0. The van der Waals surface area contributed by atoms with Crippen molar-refractivity contribution >= 4 is 10.0 Å². The third-order valence-electron chi connectivity index (χ3n) is 3.58. The van der Waals surface area contributed by atoms with E-state index in [9.17, 15) is 12.8 Å². The molecule has 6 heteroatoms. The molecule has 0 aromatic heterocycles. The van der Waals surface area contributed by atoms with Gasteiger partial charge in [-0.3, -0.25) is 0 Å². The lowest BCUT2D eigenvalue weighted by Crippen LogP contribution is -2.34. The Morgan fingerprint density at radius 1 is 1.35 bits per heavy atom. The molecule has 1 aliphatic rings. The van der Waals surface area contributed by atoms with Gasteiger partial charge in [-0.15, -0.1) is 0 Å². The SMILES string of the molecule is Cc1cc(F)cc(C)c1S(=O)(=O)N(C)CC1CCCO1. The van der Waals surface area contributed by atoms with Crippen molar-refractivity contribution in [3.05, 3.63) is 29.1 Å².